The lowest BCUT2D eigenvalue weighted by Gasteiger charge is -2.21. The summed E-state index contributed by atoms with van der Waals surface area (Å²) in [5.74, 6) is 1.26. The Labute approximate surface area is 184 Å². The molecule has 0 radical (unpaired) electrons. The minimum atomic E-state index is -0.228. The standard InChI is InChI=1S/C24H32N4O3/c1-27(17-19-8-4-3-5-9-19)23(29)12-14-25-24(30)26-16-20-13-15-28(18-20)21-10-6-7-11-22(21)31-2/h3-11,20H,12-18H2,1-2H3,(H2,25,26,30). The zero-order valence-electron chi connectivity index (χ0n) is 18.3. The van der Waals surface area contributed by atoms with Crippen LogP contribution in [0.15, 0.2) is 54.6 Å². The highest BCUT2D eigenvalue weighted by Crippen LogP contribution is 2.31. The Morgan fingerprint density at radius 3 is 2.61 bits per heavy atom. The number of nitrogens with zero attached hydrogens (tertiary/aromatic N) is 2. The zero-order chi connectivity index (χ0) is 22.1. The first-order valence-corrected chi connectivity index (χ1v) is 10.7. The predicted molar refractivity (Wildman–Crippen MR) is 122 cm³/mol. The smallest absolute Gasteiger partial charge is 0.314 e. The highest BCUT2D eigenvalue weighted by molar-refractivity contribution is 5.78. The van der Waals surface area contributed by atoms with Gasteiger partial charge in [0.2, 0.25) is 5.91 Å². The van der Waals surface area contributed by atoms with Crippen LogP contribution in [0, 0.1) is 5.92 Å². The van der Waals surface area contributed by atoms with Gasteiger partial charge in [0.05, 0.1) is 12.8 Å². The Balaban J connectivity index is 1.33. The monoisotopic (exact) mass is 424 g/mol. The van der Waals surface area contributed by atoms with Crippen LogP contribution in [0.3, 0.4) is 0 Å². The molecule has 7 heteroatoms. The van der Waals surface area contributed by atoms with Crippen LogP contribution >= 0.6 is 0 Å². The third-order valence-electron chi connectivity index (χ3n) is 5.58. The van der Waals surface area contributed by atoms with E-state index in [0.29, 0.717) is 25.6 Å². The van der Waals surface area contributed by atoms with Gasteiger partial charge in [0.25, 0.3) is 0 Å². The van der Waals surface area contributed by atoms with Gasteiger partial charge in [-0.25, -0.2) is 4.79 Å². The number of anilines is 1. The third kappa shape index (κ3) is 6.64. The molecule has 1 aliphatic rings. The number of amides is 3. The van der Waals surface area contributed by atoms with Crippen molar-refractivity contribution in [3.8, 4) is 5.75 Å². The molecule has 2 aromatic rings. The first-order valence-electron chi connectivity index (χ1n) is 10.7. The van der Waals surface area contributed by atoms with Crippen LogP contribution in [-0.2, 0) is 11.3 Å². The van der Waals surface area contributed by atoms with Crippen LogP contribution < -0.4 is 20.3 Å². The predicted octanol–water partition coefficient (Wildman–Crippen LogP) is 2.87. The third-order valence-corrected chi connectivity index (χ3v) is 5.58. The second kappa shape index (κ2) is 11.2. The molecule has 7 nitrogen and oxygen atoms in total. The number of methoxy groups -OCH3 is 1. The average molecular weight is 425 g/mol. The molecule has 166 valence electrons. The van der Waals surface area contributed by atoms with Crippen LogP contribution in [-0.4, -0.2) is 57.2 Å². The zero-order valence-corrected chi connectivity index (χ0v) is 18.3. The summed E-state index contributed by atoms with van der Waals surface area (Å²) in [7, 11) is 3.46. The van der Waals surface area contributed by atoms with Crippen molar-refractivity contribution < 1.29 is 14.3 Å². The Hall–Kier alpha value is -3.22. The topological polar surface area (TPSA) is 73.9 Å². The highest BCUT2D eigenvalue weighted by Gasteiger charge is 2.24. The lowest BCUT2D eigenvalue weighted by Crippen LogP contribution is -2.40. The van der Waals surface area contributed by atoms with Crippen LogP contribution in [0.2, 0.25) is 0 Å². The first-order chi connectivity index (χ1) is 15.1. The van der Waals surface area contributed by atoms with Gasteiger partial charge in [-0.2, -0.15) is 0 Å². The largest absolute Gasteiger partial charge is 0.495 e. The van der Waals surface area contributed by atoms with Crippen LogP contribution in [0.1, 0.15) is 18.4 Å². The van der Waals surface area contributed by atoms with Crippen molar-refractivity contribution in [3.63, 3.8) is 0 Å². The van der Waals surface area contributed by atoms with Gasteiger partial charge in [-0.1, -0.05) is 42.5 Å². The fourth-order valence-electron chi connectivity index (χ4n) is 3.83. The first kappa shape index (κ1) is 22.5. The van der Waals surface area contributed by atoms with E-state index in [0.717, 1.165) is 36.5 Å². The van der Waals surface area contributed by atoms with Gasteiger partial charge in [-0.15, -0.1) is 0 Å². The van der Waals surface area contributed by atoms with E-state index in [1.807, 2.05) is 48.5 Å². The second-order valence-corrected chi connectivity index (χ2v) is 7.89. The number of benzene rings is 2. The van der Waals surface area contributed by atoms with Gasteiger partial charge in [0, 0.05) is 46.2 Å². The van der Waals surface area contributed by atoms with E-state index >= 15 is 0 Å². The normalized spacial score (nSPS) is 15.4. The van der Waals surface area contributed by atoms with Crippen molar-refractivity contribution >= 4 is 17.6 Å². The van der Waals surface area contributed by atoms with Crippen molar-refractivity contribution in [2.75, 3.05) is 45.2 Å². The number of hydrogen-bond acceptors (Lipinski definition) is 4. The van der Waals surface area contributed by atoms with Crippen molar-refractivity contribution in [2.45, 2.75) is 19.4 Å². The molecule has 1 fully saturated rings. The molecule has 31 heavy (non-hydrogen) atoms. The van der Waals surface area contributed by atoms with Gasteiger partial charge in [-0.05, 0) is 30.0 Å². The fraction of sp³-hybridized carbons (Fsp3) is 0.417. The van der Waals surface area contributed by atoms with Crippen LogP contribution in [0.4, 0.5) is 10.5 Å². The fourth-order valence-corrected chi connectivity index (χ4v) is 3.83. The van der Waals surface area contributed by atoms with E-state index in [-0.39, 0.29) is 18.4 Å². The van der Waals surface area contributed by atoms with E-state index < -0.39 is 0 Å². The Kier molecular flexibility index (Phi) is 8.15. The van der Waals surface area contributed by atoms with Gasteiger partial charge in [-0.3, -0.25) is 4.79 Å². The maximum absolute atomic E-state index is 12.3. The number of urea groups is 1. The lowest BCUT2D eigenvalue weighted by molar-refractivity contribution is -0.130. The van der Waals surface area contributed by atoms with Crippen LogP contribution in [0.5, 0.6) is 5.75 Å². The Morgan fingerprint density at radius 1 is 1.10 bits per heavy atom. The molecule has 1 atom stereocenters. The number of carbonyl (C=O) groups is 2. The number of ether oxygens (including phenoxy) is 1. The molecule has 2 aromatic carbocycles. The van der Waals surface area contributed by atoms with Gasteiger partial charge < -0.3 is 25.2 Å². The van der Waals surface area contributed by atoms with E-state index in [1.54, 1.807) is 19.1 Å². The number of rotatable bonds is 9. The molecule has 3 rings (SSSR count). The number of nitrogens with one attached hydrogen (secondary N) is 2. The minimum Gasteiger partial charge on any atom is -0.495 e. The van der Waals surface area contributed by atoms with Crippen LogP contribution in [0.25, 0.3) is 0 Å². The molecular weight excluding hydrogens is 392 g/mol. The van der Waals surface area contributed by atoms with Gasteiger partial charge >= 0.3 is 6.03 Å². The Bertz CT molecular complexity index is 859. The molecule has 2 N–H and O–H groups in total. The van der Waals surface area contributed by atoms with E-state index in [9.17, 15) is 9.59 Å². The summed E-state index contributed by atoms with van der Waals surface area (Å²) < 4.78 is 5.45. The Morgan fingerprint density at radius 2 is 1.84 bits per heavy atom. The molecule has 1 heterocycles. The summed E-state index contributed by atoms with van der Waals surface area (Å²) in [6.45, 7) is 3.32. The number of hydrogen-bond donors (Lipinski definition) is 2. The molecule has 1 saturated heterocycles. The van der Waals surface area contributed by atoms with Crippen molar-refractivity contribution in [2.24, 2.45) is 5.92 Å². The minimum absolute atomic E-state index is 0.00685. The summed E-state index contributed by atoms with van der Waals surface area (Å²) in [5, 5.41) is 5.72. The van der Waals surface area contributed by atoms with Crippen molar-refractivity contribution in [1.29, 1.82) is 0 Å². The summed E-state index contributed by atoms with van der Waals surface area (Å²) in [6, 6.07) is 17.6. The van der Waals surface area contributed by atoms with Gasteiger partial charge in [0.1, 0.15) is 5.75 Å². The quantitative estimate of drug-likeness (QED) is 0.649. The molecule has 0 saturated carbocycles. The number of para-hydroxylation sites is 2. The maximum atomic E-state index is 12.3. The van der Waals surface area contributed by atoms with E-state index in [1.165, 1.54) is 0 Å². The van der Waals surface area contributed by atoms with E-state index in [2.05, 4.69) is 21.6 Å². The summed E-state index contributed by atoms with van der Waals surface area (Å²) in [5.41, 5.74) is 2.18. The summed E-state index contributed by atoms with van der Waals surface area (Å²) >= 11 is 0. The van der Waals surface area contributed by atoms with Gasteiger partial charge in [0.15, 0.2) is 0 Å². The summed E-state index contributed by atoms with van der Waals surface area (Å²) in [4.78, 5) is 28.3. The molecule has 0 bridgehead atoms. The van der Waals surface area contributed by atoms with E-state index in [4.69, 9.17) is 4.74 Å². The average Bonchev–Trinajstić information content (AvgIpc) is 3.27. The molecule has 0 aromatic heterocycles. The lowest BCUT2D eigenvalue weighted by atomic mass is 10.1. The highest BCUT2D eigenvalue weighted by atomic mass is 16.5. The molecule has 1 unspecified atom stereocenters. The molecule has 0 aliphatic carbocycles. The van der Waals surface area contributed by atoms with Crippen molar-refractivity contribution in [3.05, 3.63) is 60.2 Å². The molecule has 1 aliphatic heterocycles. The SMILES string of the molecule is COc1ccccc1N1CCC(CNC(=O)NCCC(=O)N(C)Cc2ccccc2)C1. The molecule has 3 amide bonds. The summed E-state index contributed by atoms with van der Waals surface area (Å²) in [6.07, 6.45) is 1.29. The maximum Gasteiger partial charge on any atom is 0.314 e. The second-order valence-electron chi connectivity index (χ2n) is 7.89. The number of carbonyl (C=O) groups excluding carboxylic acids is 2. The molecular formula is C24H32N4O3. The molecule has 0 spiro atoms. The van der Waals surface area contributed by atoms with Crippen molar-refractivity contribution in [1.82, 2.24) is 15.5 Å².